The maximum atomic E-state index is 12.0. The first-order valence-corrected chi connectivity index (χ1v) is 6.00. The van der Waals surface area contributed by atoms with Crippen LogP contribution in [-0.2, 0) is 4.79 Å². The quantitative estimate of drug-likeness (QED) is 0.860. The van der Waals surface area contributed by atoms with Gasteiger partial charge in [0.05, 0.1) is 0 Å². The Hall–Kier alpha value is -1.87. The van der Waals surface area contributed by atoms with Crippen LogP contribution in [0.5, 0.6) is 0 Å². The number of nitrogens with one attached hydrogen (secondary N) is 1. The fourth-order valence-corrected chi connectivity index (χ4v) is 1.89. The smallest absolute Gasteiger partial charge is 0.251 e. The van der Waals surface area contributed by atoms with Gasteiger partial charge in [-0.15, -0.1) is 0 Å². The molecule has 0 aliphatic rings. The van der Waals surface area contributed by atoms with Crippen molar-refractivity contribution in [3.63, 3.8) is 0 Å². The van der Waals surface area contributed by atoms with Crippen LogP contribution >= 0.6 is 11.6 Å². The molecule has 0 bridgehead atoms. The van der Waals surface area contributed by atoms with E-state index in [4.69, 9.17) is 11.6 Å². The Morgan fingerprint density at radius 2 is 1.78 bits per heavy atom. The zero-order valence-electron chi connectivity index (χ0n) is 9.65. The van der Waals surface area contributed by atoms with E-state index >= 15 is 0 Å². The summed E-state index contributed by atoms with van der Waals surface area (Å²) in [6.07, 6.45) is 0.137. The number of hydrogen-bond donors (Lipinski definition) is 1. The SMILES string of the molecule is O=C(Cl)CCNC(=O)c1cccc2ccccc12. The molecular formula is C14H12ClNO2. The predicted octanol–water partition coefficient (Wildman–Crippen LogP) is 2.73. The number of amides is 1. The van der Waals surface area contributed by atoms with Crippen LogP contribution in [0.2, 0.25) is 0 Å². The Morgan fingerprint density at radius 3 is 2.56 bits per heavy atom. The summed E-state index contributed by atoms with van der Waals surface area (Å²) in [7, 11) is 0. The van der Waals surface area contributed by atoms with Crippen molar-refractivity contribution >= 4 is 33.5 Å². The molecule has 0 aliphatic heterocycles. The molecule has 0 aromatic heterocycles. The molecule has 0 spiro atoms. The minimum Gasteiger partial charge on any atom is -0.352 e. The average molecular weight is 262 g/mol. The van der Waals surface area contributed by atoms with Gasteiger partial charge in [0, 0.05) is 18.5 Å². The second-order valence-corrected chi connectivity index (χ2v) is 4.31. The van der Waals surface area contributed by atoms with Gasteiger partial charge in [-0.05, 0) is 28.4 Å². The van der Waals surface area contributed by atoms with Crippen LogP contribution < -0.4 is 5.32 Å². The standard InChI is InChI=1S/C14H12ClNO2/c15-13(17)8-9-16-14(18)12-7-3-5-10-4-1-2-6-11(10)12/h1-7H,8-9H2,(H,16,18). The number of benzene rings is 2. The first-order valence-electron chi connectivity index (χ1n) is 5.63. The van der Waals surface area contributed by atoms with Crippen molar-refractivity contribution in [3.05, 3.63) is 48.0 Å². The molecule has 0 saturated carbocycles. The van der Waals surface area contributed by atoms with Crippen LogP contribution in [-0.4, -0.2) is 17.7 Å². The molecule has 0 heterocycles. The normalized spacial score (nSPS) is 10.3. The highest BCUT2D eigenvalue weighted by Crippen LogP contribution is 2.18. The van der Waals surface area contributed by atoms with Crippen molar-refractivity contribution in [2.24, 2.45) is 0 Å². The average Bonchev–Trinajstić information content (AvgIpc) is 2.37. The molecule has 0 aliphatic carbocycles. The molecule has 1 amide bonds. The lowest BCUT2D eigenvalue weighted by Gasteiger charge is -2.07. The number of fused-ring (bicyclic) bond motifs is 1. The minimum atomic E-state index is -0.451. The fourth-order valence-electron chi connectivity index (χ4n) is 1.79. The number of carbonyl (C=O) groups excluding carboxylic acids is 2. The van der Waals surface area contributed by atoms with Crippen LogP contribution in [0.1, 0.15) is 16.8 Å². The van der Waals surface area contributed by atoms with Crippen LogP contribution in [0, 0.1) is 0 Å². The third-order valence-electron chi connectivity index (χ3n) is 2.64. The van der Waals surface area contributed by atoms with Gasteiger partial charge in [-0.2, -0.15) is 0 Å². The van der Waals surface area contributed by atoms with Gasteiger partial charge < -0.3 is 5.32 Å². The van der Waals surface area contributed by atoms with E-state index in [-0.39, 0.29) is 18.9 Å². The number of carbonyl (C=O) groups is 2. The van der Waals surface area contributed by atoms with Gasteiger partial charge in [0.15, 0.2) is 0 Å². The molecule has 0 fully saturated rings. The maximum absolute atomic E-state index is 12.0. The number of rotatable bonds is 4. The zero-order chi connectivity index (χ0) is 13.0. The third kappa shape index (κ3) is 2.87. The van der Waals surface area contributed by atoms with Crippen molar-refractivity contribution in [1.82, 2.24) is 5.32 Å². The van der Waals surface area contributed by atoms with E-state index in [2.05, 4.69) is 5.32 Å². The van der Waals surface area contributed by atoms with Crippen LogP contribution in [0.25, 0.3) is 10.8 Å². The molecule has 2 aromatic rings. The van der Waals surface area contributed by atoms with Crippen molar-refractivity contribution < 1.29 is 9.59 Å². The first kappa shape index (κ1) is 12.6. The van der Waals surface area contributed by atoms with Crippen molar-refractivity contribution in [2.75, 3.05) is 6.54 Å². The summed E-state index contributed by atoms with van der Waals surface area (Å²) in [4.78, 5) is 22.6. The van der Waals surface area contributed by atoms with Gasteiger partial charge in [0.1, 0.15) is 0 Å². The molecule has 0 unspecified atom stereocenters. The summed E-state index contributed by atoms with van der Waals surface area (Å²) in [6, 6.07) is 13.2. The Kier molecular flexibility index (Phi) is 3.95. The summed E-state index contributed by atoms with van der Waals surface area (Å²) >= 11 is 5.21. The highest BCUT2D eigenvalue weighted by molar-refractivity contribution is 6.63. The summed E-state index contributed by atoms with van der Waals surface area (Å²) in [5, 5.41) is 4.14. The lowest BCUT2D eigenvalue weighted by atomic mass is 10.0. The molecule has 0 atom stereocenters. The monoisotopic (exact) mass is 261 g/mol. The molecule has 2 aromatic carbocycles. The molecule has 2 rings (SSSR count). The number of halogens is 1. The Labute approximate surface area is 110 Å². The van der Waals surface area contributed by atoms with Crippen molar-refractivity contribution in [2.45, 2.75) is 6.42 Å². The lowest BCUT2D eigenvalue weighted by Crippen LogP contribution is -2.25. The summed E-state index contributed by atoms with van der Waals surface area (Å²) in [5.41, 5.74) is 0.607. The van der Waals surface area contributed by atoms with E-state index in [1.807, 2.05) is 36.4 Å². The third-order valence-corrected chi connectivity index (χ3v) is 2.83. The highest BCUT2D eigenvalue weighted by atomic mass is 35.5. The van der Waals surface area contributed by atoms with Crippen molar-refractivity contribution in [1.29, 1.82) is 0 Å². The summed E-state index contributed by atoms with van der Waals surface area (Å²) < 4.78 is 0. The predicted molar refractivity (Wildman–Crippen MR) is 71.8 cm³/mol. The minimum absolute atomic E-state index is 0.137. The molecule has 0 saturated heterocycles. The van der Waals surface area contributed by atoms with E-state index in [0.29, 0.717) is 5.56 Å². The van der Waals surface area contributed by atoms with Gasteiger partial charge >= 0.3 is 0 Å². The van der Waals surface area contributed by atoms with Crippen molar-refractivity contribution in [3.8, 4) is 0 Å². The highest BCUT2D eigenvalue weighted by Gasteiger charge is 2.09. The Balaban J connectivity index is 2.20. The summed E-state index contributed by atoms with van der Waals surface area (Å²) in [6.45, 7) is 0.254. The first-order chi connectivity index (χ1) is 8.68. The molecule has 0 radical (unpaired) electrons. The Morgan fingerprint density at radius 1 is 1.06 bits per heavy atom. The van der Waals surface area contributed by atoms with Crippen LogP contribution in [0.15, 0.2) is 42.5 Å². The largest absolute Gasteiger partial charge is 0.352 e. The summed E-state index contributed by atoms with van der Waals surface area (Å²) in [5.74, 6) is -0.190. The number of hydrogen-bond acceptors (Lipinski definition) is 2. The van der Waals surface area contributed by atoms with Gasteiger partial charge in [0.25, 0.3) is 5.91 Å². The molecule has 3 nitrogen and oxygen atoms in total. The van der Waals surface area contributed by atoms with E-state index in [9.17, 15) is 9.59 Å². The second kappa shape index (κ2) is 5.65. The van der Waals surface area contributed by atoms with E-state index < -0.39 is 5.24 Å². The fraction of sp³-hybridized carbons (Fsp3) is 0.143. The Bertz CT molecular complexity index is 590. The zero-order valence-corrected chi connectivity index (χ0v) is 10.4. The molecule has 92 valence electrons. The van der Waals surface area contributed by atoms with Gasteiger partial charge in [-0.1, -0.05) is 36.4 Å². The second-order valence-electron chi connectivity index (χ2n) is 3.89. The van der Waals surface area contributed by atoms with Crippen LogP contribution in [0.4, 0.5) is 0 Å². The molecule has 1 N–H and O–H groups in total. The van der Waals surface area contributed by atoms with Gasteiger partial charge in [-0.3, -0.25) is 9.59 Å². The molecule has 18 heavy (non-hydrogen) atoms. The van der Waals surface area contributed by atoms with E-state index in [1.54, 1.807) is 6.07 Å². The lowest BCUT2D eigenvalue weighted by molar-refractivity contribution is -0.111. The van der Waals surface area contributed by atoms with E-state index in [0.717, 1.165) is 10.8 Å². The van der Waals surface area contributed by atoms with E-state index in [1.165, 1.54) is 0 Å². The van der Waals surface area contributed by atoms with Crippen LogP contribution in [0.3, 0.4) is 0 Å². The maximum Gasteiger partial charge on any atom is 0.251 e. The molecule has 4 heteroatoms. The van der Waals surface area contributed by atoms with Gasteiger partial charge in [0.2, 0.25) is 5.24 Å². The van der Waals surface area contributed by atoms with Gasteiger partial charge in [-0.25, -0.2) is 0 Å². The topological polar surface area (TPSA) is 46.2 Å². The molecular weight excluding hydrogens is 250 g/mol.